The molecule has 1 saturated carbocycles. The molecule has 0 radical (unpaired) electrons. The molecule has 3 aromatic rings. The number of hydrogen-bond acceptors (Lipinski definition) is 6. The highest BCUT2D eigenvalue weighted by molar-refractivity contribution is 7.15. The number of nitrogens with one attached hydrogen (secondary N) is 3. The molecular formula is C17H19ClN6OS. The number of hydrogen-bond donors (Lipinski definition) is 3. The van der Waals surface area contributed by atoms with E-state index in [1.54, 1.807) is 24.5 Å². The standard InChI is InChI=1S/C17H19ClN6OS/c1-9(25)20-11-4-2-3-10(7-11)16-23-24-17(26-16)21-14-6-5-13-12(15(14)18)8-19-22-13/h5-6,8,10-11H,2-4,7H2,1H3,(H,19,22)(H,20,25)(H,21,24)/t10-,11+/m1/s1. The third-order valence-corrected chi connectivity index (χ3v) is 6.08. The first kappa shape index (κ1) is 17.2. The van der Waals surface area contributed by atoms with Crippen molar-refractivity contribution in [2.24, 2.45) is 0 Å². The fourth-order valence-electron chi connectivity index (χ4n) is 3.48. The average Bonchev–Trinajstić information content (AvgIpc) is 3.27. The summed E-state index contributed by atoms with van der Waals surface area (Å²) in [6, 6.07) is 4.05. The molecule has 0 saturated heterocycles. The van der Waals surface area contributed by atoms with E-state index in [0.717, 1.165) is 47.3 Å². The van der Waals surface area contributed by atoms with Gasteiger partial charge in [-0.05, 0) is 31.4 Å². The van der Waals surface area contributed by atoms with Crippen LogP contribution >= 0.6 is 22.9 Å². The topological polar surface area (TPSA) is 95.6 Å². The minimum Gasteiger partial charge on any atom is -0.354 e. The number of carbonyl (C=O) groups is 1. The summed E-state index contributed by atoms with van der Waals surface area (Å²) in [5, 5.41) is 25.0. The van der Waals surface area contributed by atoms with Crippen molar-refractivity contribution in [1.82, 2.24) is 25.7 Å². The van der Waals surface area contributed by atoms with Gasteiger partial charge in [0.15, 0.2) is 0 Å². The Morgan fingerprint density at radius 1 is 1.35 bits per heavy atom. The van der Waals surface area contributed by atoms with Gasteiger partial charge < -0.3 is 10.6 Å². The van der Waals surface area contributed by atoms with Crippen molar-refractivity contribution < 1.29 is 4.79 Å². The van der Waals surface area contributed by atoms with Crippen LogP contribution in [0.2, 0.25) is 5.02 Å². The molecule has 2 aromatic heterocycles. The first-order chi connectivity index (χ1) is 12.6. The lowest BCUT2D eigenvalue weighted by Crippen LogP contribution is -2.36. The number of rotatable bonds is 4. The highest BCUT2D eigenvalue weighted by Gasteiger charge is 2.26. The molecule has 1 aliphatic carbocycles. The maximum absolute atomic E-state index is 11.3. The molecule has 1 amide bonds. The Balaban J connectivity index is 1.49. The molecule has 136 valence electrons. The molecule has 4 rings (SSSR count). The molecule has 7 nitrogen and oxygen atoms in total. The molecule has 3 N–H and O–H groups in total. The van der Waals surface area contributed by atoms with Crippen molar-refractivity contribution in [3.8, 4) is 0 Å². The van der Waals surface area contributed by atoms with Crippen LogP contribution in [-0.4, -0.2) is 32.3 Å². The predicted octanol–water partition coefficient (Wildman–Crippen LogP) is 3.97. The van der Waals surface area contributed by atoms with Crippen LogP contribution < -0.4 is 10.6 Å². The summed E-state index contributed by atoms with van der Waals surface area (Å²) in [5.74, 6) is 0.361. The molecule has 1 aromatic carbocycles. The fraction of sp³-hybridized carbons (Fsp3) is 0.412. The lowest BCUT2D eigenvalue weighted by atomic mass is 9.86. The van der Waals surface area contributed by atoms with Gasteiger partial charge in [-0.15, -0.1) is 10.2 Å². The van der Waals surface area contributed by atoms with Gasteiger partial charge in [0.25, 0.3) is 0 Å². The SMILES string of the molecule is CC(=O)N[C@H]1CCC[C@@H](c2nnc(Nc3ccc4[nH]ncc4c3Cl)s2)C1. The second kappa shape index (κ2) is 7.20. The molecule has 0 aliphatic heterocycles. The Morgan fingerprint density at radius 2 is 2.23 bits per heavy atom. The second-order valence-electron chi connectivity index (χ2n) is 6.59. The van der Waals surface area contributed by atoms with Gasteiger partial charge in [-0.3, -0.25) is 9.89 Å². The molecule has 26 heavy (non-hydrogen) atoms. The second-order valence-corrected chi connectivity index (χ2v) is 7.98. The van der Waals surface area contributed by atoms with Crippen LogP contribution in [0.4, 0.5) is 10.8 Å². The molecule has 1 fully saturated rings. The van der Waals surface area contributed by atoms with Crippen molar-refractivity contribution in [2.45, 2.75) is 44.6 Å². The van der Waals surface area contributed by atoms with Crippen LogP contribution in [0, 0.1) is 0 Å². The van der Waals surface area contributed by atoms with E-state index < -0.39 is 0 Å². The molecule has 0 bridgehead atoms. The summed E-state index contributed by atoms with van der Waals surface area (Å²) in [5.41, 5.74) is 1.67. The van der Waals surface area contributed by atoms with E-state index in [9.17, 15) is 4.79 Å². The van der Waals surface area contributed by atoms with Crippen molar-refractivity contribution in [2.75, 3.05) is 5.32 Å². The predicted molar refractivity (Wildman–Crippen MR) is 103 cm³/mol. The van der Waals surface area contributed by atoms with E-state index in [-0.39, 0.29) is 11.9 Å². The maximum Gasteiger partial charge on any atom is 0.217 e. The summed E-state index contributed by atoms with van der Waals surface area (Å²) in [6.45, 7) is 1.57. The van der Waals surface area contributed by atoms with Gasteiger partial charge in [0.2, 0.25) is 11.0 Å². The zero-order chi connectivity index (χ0) is 18.1. The van der Waals surface area contributed by atoms with Crippen LogP contribution in [0.5, 0.6) is 0 Å². The Kier molecular flexibility index (Phi) is 4.78. The summed E-state index contributed by atoms with van der Waals surface area (Å²) >= 11 is 7.99. The van der Waals surface area contributed by atoms with Crippen LogP contribution in [0.3, 0.4) is 0 Å². The Labute approximate surface area is 159 Å². The third kappa shape index (κ3) is 3.52. The van der Waals surface area contributed by atoms with E-state index in [1.807, 2.05) is 12.1 Å². The average molecular weight is 391 g/mol. The molecule has 2 heterocycles. The molecule has 0 unspecified atom stereocenters. The highest BCUT2D eigenvalue weighted by atomic mass is 35.5. The number of amides is 1. The Bertz CT molecular complexity index is 938. The van der Waals surface area contributed by atoms with E-state index in [1.165, 1.54) is 0 Å². The summed E-state index contributed by atoms with van der Waals surface area (Å²) in [6.07, 6.45) is 5.81. The lowest BCUT2D eigenvalue weighted by Gasteiger charge is -2.27. The normalized spacial score (nSPS) is 20.2. The number of benzene rings is 1. The molecule has 1 aliphatic rings. The van der Waals surface area contributed by atoms with Crippen molar-refractivity contribution in [1.29, 1.82) is 0 Å². The van der Waals surface area contributed by atoms with Gasteiger partial charge in [-0.2, -0.15) is 5.10 Å². The first-order valence-electron chi connectivity index (χ1n) is 8.59. The van der Waals surface area contributed by atoms with Gasteiger partial charge in [-0.1, -0.05) is 29.4 Å². The van der Waals surface area contributed by atoms with Gasteiger partial charge in [-0.25, -0.2) is 0 Å². The van der Waals surface area contributed by atoms with E-state index in [2.05, 4.69) is 31.0 Å². The van der Waals surface area contributed by atoms with Gasteiger partial charge in [0.1, 0.15) is 5.01 Å². The van der Waals surface area contributed by atoms with E-state index in [4.69, 9.17) is 11.6 Å². The molecule has 2 atom stereocenters. The number of nitrogens with zero attached hydrogens (tertiary/aromatic N) is 3. The fourth-order valence-corrected chi connectivity index (χ4v) is 4.64. The number of H-pyrrole nitrogens is 1. The van der Waals surface area contributed by atoms with Gasteiger partial charge >= 0.3 is 0 Å². The van der Waals surface area contributed by atoms with E-state index >= 15 is 0 Å². The summed E-state index contributed by atoms with van der Waals surface area (Å²) in [7, 11) is 0. The zero-order valence-corrected chi connectivity index (χ0v) is 15.8. The minimum absolute atomic E-state index is 0.0274. The maximum atomic E-state index is 11.3. The third-order valence-electron chi connectivity index (χ3n) is 4.67. The van der Waals surface area contributed by atoms with E-state index in [0.29, 0.717) is 16.1 Å². The van der Waals surface area contributed by atoms with Crippen molar-refractivity contribution >= 4 is 50.6 Å². The highest BCUT2D eigenvalue weighted by Crippen LogP contribution is 2.37. The first-order valence-corrected chi connectivity index (χ1v) is 9.78. The van der Waals surface area contributed by atoms with Gasteiger partial charge in [0, 0.05) is 24.3 Å². The quantitative estimate of drug-likeness (QED) is 0.626. The number of halogens is 1. The molecule has 9 heteroatoms. The summed E-state index contributed by atoms with van der Waals surface area (Å²) in [4.78, 5) is 11.3. The monoisotopic (exact) mass is 390 g/mol. The number of carbonyl (C=O) groups excluding carboxylic acids is 1. The number of aromatic amines is 1. The largest absolute Gasteiger partial charge is 0.354 e. The van der Waals surface area contributed by atoms with Crippen molar-refractivity contribution in [3.05, 3.63) is 28.4 Å². The van der Waals surface area contributed by atoms with Crippen LogP contribution in [0.1, 0.15) is 43.5 Å². The Morgan fingerprint density at radius 3 is 3.08 bits per heavy atom. The smallest absolute Gasteiger partial charge is 0.217 e. The van der Waals surface area contributed by atoms with Crippen LogP contribution in [0.25, 0.3) is 10.9 Å². The zero-order valence-electron chi connectivity index (χ0n) is 14.3. The van der Waals surface area contributed by atoms with Crippen LogP contribution in [-0.2, 0) is 4.79 Å². The molecular weight excluding hydrogens is 372 g/mol. The molecule has 0 spiro atoms. The van der Waals surface area contributed by atoms with Gasteiger partial charge in [0.05, 0.1) is 22.4 Å². The number of anilines is 2. The number of fused-ring (bicyclic) bond motifs is 1. The van der Waals surface area contributed by atoms with Crippen molar-refractivity contribution in [3.63, 3.8) is 0 Å². The Hall–Kier alpha value is -2.19. The van der Waals surface area contributed by atoms with Crippen LogP contribution in [0.15, 0.2) is 18.3 Å². The number of aromatic nitrogens is 4. The minimum atomic E-state index is 0.0274. The summed E-state index contributed by atoms with van der Waals surface area (Å²) < 4.78 is 0. The lowest BCUT2D eigenvalue weighted by molar-refractivity contribution is -0.119.